The first-order valence-corrected chi connectivity index (χ1v) is 6.32. The Hall–Kier alpha value is -2.36. The van der Waals surface area contributed by atoms with E-state index >= 15 is 0 Å². The summed E-state index contributed by atoms with van der Waals surface area (Å²) in [5, 5.41) is 9.20. The molecular formula is C13H13ClN6. The molecule has 0 atom stereocenters. The van der Waals surface area contributed by atoms with Crippen molar-refractivity contribution in [3.8, 4) is 6.07 Å². The van der Waals surface area contributed by atoms with Crippen LogP contribution in [0.15, 0.2) is 36.5 Å². The van der Waals surface area contributed by atoms with E-state index in [1.165, 1.54) is 6.20 Å². The minimum Gasteiger partial charge on any atom is -0.324 e. The van der Waals surface area contributed by atoms with E-state index in [2.05, 4.69) is 21.5 Å². The van der Waals surface area contributed by atoms with Crippen LogP contribution >= 0.6 is 11.6 Å². The molecule has 0 amide bonds. The van der Waals surface area contributed by atoms with Crippen LogP contribution in [0.2, 0.25) is 5.02 Å². The van der Waals surface area contributed by atoms with Gasteiger partial charge in [-0.2, -0.15) is 10.2 Å². The monoisotopic (exact) mass is 288 g/mol. The van der Waals surface area contributed by atoms with Crippen LogP contribution in [0.5, 0.6) is 0 Å². The van der Waals surface area contributed by atoms with Gasteiger partial charge in [0.1, 0.15) is 5.02 Å². The summed E-state index contributed by atoms with van der Waals surface area (Å²) in [6.07, 6.45) is 1.82. The second-order valence-electron chi connectivity index (χ2n) is 3.90. The van der Waals surface area contributed by atoms with E-state index in [-0.39, 0.29) is 5.95 Å². The van der Waals surface area contributed by atoms with Gasteiger partial charge in [0, 0.05) is 12.2 Å². The number of nitriles is 1. The third kappa shape index (κ3) is 3.15. The number of rotatable bonds is 5. The molecule has 0 saturated heterocycles. The molecule has 0 radical (unpaired) electrons. The van der Waals surface area contributed by atoms with Crippen LogP contribution in [-0.2, 0) is 0 Å². The minimum absolute atomic E-state index is 0.266. The average Bonchev–Trinajstić information content (AvgIpc) is 2.50. The predicted octanol–water partition coefficient (Wildman–Crippen LogP) is 2.47. The van der Waals surface area contributed by atoms with Crippen molar-refractivity contribution in [3.05, 3.63) is 41.6 Å². The maximum Gasteiger partial charge on any atom is 0.239 e. The summed E-state index contributed by atoms with van der Waals surface area (Å²) in [7, 11) is 0. The second-order valence-corrected chi connectivity index (χ2v) is 4.31. The van der Waals surface area contributed by atoms with Gasteiger partial charge in [-0.1, -0.05) is 29.8 Å². The zero-order chi connectivity index (χ0) is 14.4. The molecule has 0 aliphatic carbocycles. The van der Waals surface area contributed by atoms with Crippen molar-refractivity contribution in [2.45, 2.75) is 6.42 Å². The van der Waals surface area contributed by atoms with Gasteiger partial charge in [-0.25, -0.2) is 10.8 Å². The van der Waals surface area contributed by atoms with Crippen LogP contribution in [0.25, 0.3) is 0 Å². The van der Waals surface area contributed by atoms with Crippen molar-refractivity contribution in [2.24, 2.45) is 5.84 Å². The summed E-state index contributed by atoms with van der Waals surface area (Å²) in [6, 6.07) is 11.7. The molecule has 6 nitrogen and oxygen atoms in total. The molecule has 1 aromatic carbocycles. The van der Waals surface area contributed by atoms with Gasteiger partial charge in [-0.15, -0.1) is 0 Å². The quantitative estimate of drug-likeness (QED) is 0.649. The number of hydrogen-bond acceptors (Lipinski definition) is 6. The number of aromatic nitrogens is 2. The van der Waals surface area contributed by atoms with E-state index in [1.54, 1.807) is 0 Å². The zero-order valence-corrected chi connectivity index (χ0v) is 11.4. The van der Waals surface area contributed by atoms with Crippen LogP contribution in [0.4, 0.5) is 17.5 Å². The fourth-order valence-electron chi connectivity index (χ4n) is 1.74. The minimum atomic E-state index is 0.266. The van der Waals surface area contributed by atoms with Crippen molar-refractivity contribution in [1.82, 2.24) is 9.97 Å². The van der Waals surface area contributed by atoms with Crippen molar-refractivity contribution in [3.63, 3.8) is 0 Å². The number of nitrogens with zero attached hydrogens (tertiary/aromatic N) is 4. The summed E-state index contributed by atoms with van der Waals surface area (Å²) in [5.74, 6) is 6.10. The fourth-order valence-corrected chi connectivity index (χ4v) is 1.94. The number of hydrazine groups is 1. The number of halogens is 1. The Balaban J connectivity index is 2.44. The maximum atomic E-state index is 8.80. The molecule has 102 valence electrons. The summed E-state index contributed by atoms with van der Waals surface area (Å²) in [5.41, 5.74) is 3.28. The molecule has 0 bridgehead atoms. The highest BCUT2D eigenvalue weighted by Crippen LogP contribution is 2.30. The number of benzene rings is 1. The molecule has 0 fully saturated rings. The molecule has 1 aromatic heterocycles. The van der Waals surface area contributed by atoms with Crippen LogP contribution in [0, 0.1) is 11.3 Å². The maximum absolute atomic E-state index is 8.80. The van der Waals surface area contributed by atoms with Crippen LogP contribution in [0.3, 0.4) is 0 Å². The van der Waals surface area contributed by atoms with E-state index in [0.29, 0.717) is 23.8 Å². The lowest BCUT2D eigenvalue weighted by Crippen LogP contribution is -2.21. The van der Waals surface area contributed by atoms with Gasteiger partial charge in [-0.05, 0) is 12.1 Å². The van der Waals surface area contributed by atoms with Gasteiger partial charge in [0.05, 0.1) is 18.7 Å². The van der Waals surface area contributed by atoms with Crippen LogP contribution < -0.4 is 16.2 Å². The Morgan fingerprint density at radius 2 is 2.10 bits per heavy atom. The van der Waals surface area contributed by atoms with E-state index in [4.69, 9.17) is 22.7 Å². The smallest absolute Gasteiger partial charge is 0.239 e. The standard InChI is InChI=1S/C13H13ClN6/c14-11-9-17-13(19-16)18-12(11)20(8-4-7-15)10-5-2-1-3-6-10/h1-3,5-6,9H,4,8,16H2,(H,17,18,19). The third-order valence-corrected chi connectivity index (χ3v) is 2.89. The average molecular weight is 289 g/mol. The number of nitrogens with one attached hydrogen (secondary N) is 1. The molecule has 7 heteroatoms. The highest BCUT2D eigenvalue weighted by molar-refractivity contribution is 6.33. The highest BCUT2D eigenvalue weighted by atomic mass is 35.5. The van der Waals surface area contributed by atoms with Gasteiger partial charge >= 0.3 is 0 Å². The highest BCUT2D eigenvalue weighted by Gasteiger charge is 2.15. The predicted molar refractivity (Wildman–Crippen MR) is 78.5 cm³/mol. The van der Waals surface area contributed by atoms with Crippen molar-refractivity contribution in [2.75, 3.05) is 16.9 Å². The lowest BCUT2D eigenvalue weighted by Gasteiger charge is -2.23. The number of nitrogen functional groups attached to an aromatic ring is 1. The van der Waals surface area contributed by atoms with E-state index in [9.17, 15) is 0 Å². The van der Waals surface area contributed by atoms with Gasteiger partial charge < -0.3 is 4.90 Å². The molecule has 2 rings (SSSR count). The lowest BCUT2D eigenvalue weighted by molar-refractivity contribution is 0.919. The SMILES string of the molecule is N#CCCN(c1ccccc1)c1nc(NN)ncc1Cl. The third-order valence-electron chi connectivity index (χ3n) is 2.63. The first kappa shape index (κ1) is 14.1. The summed E-state index contributed by atoms with van der Waals surface area (Å²) >= 11 is 6.16. The molecule has 20 heavy (non-hydrogen) atoms. The summed E-state index contributed by atoms with van der Waals surface area (Å²) in [4.78, 5) is 10.1. The van der Waals surface area contributed by atoms with Gasteiger partial charge in [0.15, 0.2) is 5.82 Å². The van der Waals surface area contributed by atoms with Crippen molar-refractivity contribution >= 4 is 29.1 Å². The Morgan fingerprint density at radius 1 is 1.35 bits per heavy atom. The lowest BCUT2D eigenvalue weighted by atomic mass is 10.2. The van der Waals surface area contributed by atoms with E-state index in [1.807, 2.05) is 35.2 Å². The molecule has 0 aliphatic heterocycles. The summed E-state index contributed by atoms with van der Waals surface area (Å²) < 4.78 is 0. The molecular weight excluding hydrogens is 276 g/mol. The number of para-hydroxylation sites is 1. The molecule has 0 unspecified atom stereocenters. The van der Waals surface area contributed by atoms with Crippen molar-refractivity contribution in [1.29, 1.82) is 5.26 Å². The summed E-state index contributed by atoms with van der Waals surface area (Å²) in [6.45, 7) is 0.473. The molecule has 0 spiro atoms. The Kier molecular flexibility index (Phi) is 4.71. The molecule has 0 aliphatic rings. The Bertz CT molecular complexity index is 610. The van der Waals surface area contributed by atoms with Crippen LogP contribution in [-0.4, -0.2) is 16.5 Å². The molecule has 2 aromatic rings. The van der Waals surface area contributed by atoms with Gasteiger partial charge in [0.25, 0.3) is 0 Å². The molecule has 1 heterocycles. The van der Waals surface area contributed by atoms with Crippen LogP contribution in [0.1, 0.15) is 6.42 Å². The number of nitrogens with two attached hydrogens (primary N) is 1. The Morgan fingerprint density at radius 3 is 2.75 bits per heavy atom. The first-order valence-electron chi connectivity index (χ1n) is 5.95. The van der Waals surface area contributed by atoms with E-state index < -0.39 is 0 Å². The van der Waals surface area contributed by atoms with E-state index in [0.717, 1.165) is 5.69 Å². The number of anilines is 3. The molecule has 3 N–H and O–H groups in total. The normalized spacial score (nSPS) is 9.85. The topological polar surface area (TPSA) is 90.9 Å². The number of hydrogen-bond donors (Lipinski definition) is 2. The zero-order valence-electron chi connectivity index (χ0n) is 10.6. The largest absolute Gasteiger partial charge is 0.324 e. The fraction of sp³-hybridized carbons (Fsp3) is 0.154. The van der Waals surface area contributed by atoms with Gasteiger partial charge in [-0.3, -0.25) is 5.43 Å². The van der Waals surface area contributed by atoms with Crippen molar-refractivity contribution < 1.29 is 0 Å². The second kappa shape index (κ2) is 6.70. The first-order chi connectivity index (χ1) is 9.76. The Labute approximate surface area is 121 Å². The van der Waals surface area contributed by atoms with Gasteiger partial charge in [0.2, 0.25) is 5.95 Å². The molecule has 0 saturated carbocycles.